The van der Waals surface area contributed by atoms with Crippen LogP contribution in [0, 0.1) is 17.7 Å². The Balaban J connectivity index is 0.000000771. The van der Waals surface area contributed by atoms with Crippen LogP contribution in [0.4, 0.5) is 10.1 Å². The second kappa shape index (κ2) is 12.8. The Morgan fingerprint density at radius 2 is 1.51 bits per heavy atom. The summed E-state index contributed by atoms with van der Waals surface area (Å²) < 4.78 is 28.6. The summed E-state index contributed by atoms with van der Waals surface area (Å²) in [7, 11) is -4.64. The summed E-state index contributed by atoms with van der Waals surface area (Å²) in [6.07, 6.45) is -2.05. The third-order valence-corrected chi connectivity index (χ3v) is 6.82. The van der Waals surface area contributed by atoms with Gasteiger partial charge in [0, 0.05) is 32.2 Å². The van der Waals surface area contributed by atoms with E-state index in [0.29, 0.717) is 37.6 Å². The number of Topliss-reactive ketones (excluding diaryl/α,β-unsaturated/α-hetero) is 1. The monoisotopic (exact) mass is 575 g/mol. The van der Waals surface area contributed by atoms with E-state index in [9.17, 15) is 29.0 Å². The molecule has 4 unspecified atom stereocenters. The van der Waals surface area contributed by atoms with Crippen LogP contribution in [0.5, 0.6) is 5.75 Å². The number of phosphoric acid groups is 1. The van der Waals surface area contributed by atoms with Gasteiger partial charge in [-0.15, -0.1) is 0 Å². The normalized spacial score (nSPS) is 25.9. The molecule has 0 radical (unpaired) electrons. The smallest absolute Gasteiger partial charge is 0.466 e. The maximum atomic E-state index is 13.9. The average Bonchev–Trinajstić information content (AvgIpc) is 3.04. The molecule has 2 amide bonds. The van der Waals surface area contributed by atoms with Gasteiger partial charge < -0.3 is 34.5 Å². The molecule has 39 heavy (non-hydrogen) atoms. The van der Waals surface area contributed by atoms with Crippen LogP contribution in [0.2, 0.25) is 0 Å². The van der Waals surface area contributed by atoms with E-state index in [2.05, 4.69) is 0 Å². The number of fused-ring (bicyclic) bond motifs is 1. The summed E-state index contributed by atoms with van der Waals surface area (Å²) in [4.78, 5) is 64.5. The van der Waals surface area contributed by atoms with E-state index in [1.54, 1.807) is 6.07 Å². The largest absolute Gasteiger partial charge is 0.489 e. The first-order valence-electron chi connectivity index (χ1n) is 12.6. The molecule has 4 rings (SSSR count). The van der Waals surface area contributed by atoms with Crippen LogP contribution in [0.15, 0.2) is 18.2 Å². The number of imide groups is 1. The van der Waals surface area contributed by atoms with Crippen molar-refractivity contribution in [2.45, 2.75) is 45.0 Å². The lowest BCUT2D eigenvalue weighted by Crippen LogP contribution is -2.49. The van der Waals surface area contributed by atoms with E-state index in [-0.39, 0.29) is 43.6 Å². The van der Waals surface area contributed by atoms with Gasteiger partial charge in [0.1, 0.15) is 11.6 Å². The first kappa shape index (κ1) is 31.1. The number of amides is 2. The highest BCUT2D eigenvalue weighted by Gasteiger charge is 2.52. The molecule has 15 heteroatoms. The minimum atomic E-state index is -4.64. The van der Waals surface area contributed by atoms with Crippen LogP contribution in [-0.4, -0.2) is 110 Å². The molecule has 1 saturated carbocycles. The number of anilines is 1. The number of ether oxygens (including phenoxy) is 1. The van der Waals surface area contributed by atoms with Crippen LogP contribution in [0.25, 0.3) is 0 Å². The fourth-order valence-corrected chi connectivity index (χ4v) is 5.09. The minimum Gasteiger partial charge on any atom is -0.489 e. The number of likely N-dealkylation sites (tertiary alicyclic amines) is 1. The number of carbonyl (C=O) groups excluding carboxylic acids is 3. The van der Waals surface area contributed by atoms with Crippen molar-refractivity contribution in [2.24, 2.45) is 11.8 Å². The Hall–Kier alpha value is -2.45. The molecule has 1 aromatic carbocycles. The first-order valence-corrected chi connectivity index (χ1v) is 14.2. The second-order valence-electron chi connectivity index (χ2n) is 10.2. The van der Waals surface area contributed by atoms with Gasteiger partial charge in [0.05, 0.1) is 48.9 Å². The fraction of sp³-hybridized carbons (Fsp3) is 0.625. The van der Waals surface area contributed by atoms with E-state index in [0.717, 1.165) is 4.90 Å². The second-order valence-corrected chi connectivity index (χ2v) is 11.2. The van der Waals surface area contributed by atoms with Gasteiger partial charge in [0.15, 0.2) is 5.78 Å². The number of carbonyl (C=O) groups is 3. The standard InChI is InChI=1S/C24H32FN3O6.H3O4P/c1-14(2)34-22-4-3-15(25)9-19(22)27-7-5-26(6-8-27)12-16(29)13-28-23(32)17-10-20(30)21(31)11-18(17)24(28)33;1-5(2,3)4/h3-4,9,14,17-18,20-21,30-31H,5-8,10-13H2,1-2H3;(H3,1,2,3,4). The molecule has 1 aromatic rings. The van der Waals surface area contributed by atoms with Gasteiger partial charge in [-0.25, -0.2) is 8.96 Å². The average molecular weight is 576 g/mol. The molecule has 1 aliphatic carbocycles. The third-order valence-electron chi connectivity index (χ3n) is 6.82. The zero-order valence-electron chi connectivity index (χ0n) is 21.7. The molecule has 0 aromatic heterocycles. The van der Waals surface area contributed by atoms with E-state index in [1.807, 2.05) is 23.6 Å². The van der Waals surface area contributed by atoms with Gasteiger partial charge in [-0.1, -0.05) is 0 Å². The van der Waals surface area contributed by atoms with Gasteiger partial charge in [0.25, 0.3) is 0 Å². The van der Waals surface area contributed by atoms with E-state index in [4.69, 9.17) is 24.0 Å². The molecular weight excluding hydrogens is 540 g/mol. The molecular formula is C24H35FN3O10P. The number of piperazine rings is 1. The topological polar surface area (TPSA) is 188 Å². The van der Waals surface area contributed by atoms with Gasteiger partial charge in [0.2, 0.25) is 11.8 Å². The summed E-state index contributed by atoms with van der Waals surface area (Å²) >= 11 is 0. The number of benzene rings is 1. The maximum Gasteiger partial charge on any atom is 0.466 e. The predicted molar refractivity (Wildman–Crippen MR) is 135 cm³/mol. The molecule has 2 aliphatic heterocycles. The van der Waals surface area contributed by atoms with Crippen LogP contribution < -0.4 is 9.64 Å². The highest BCUT2D eigenvalue weighted by Crippen LogP contribution is 2.38. The summed E-state index contributed by atoms with van der Waals surface area (Å²) in [5, 5.41) is 19.7. The van der Waals surface area contributed by atoms with Crippen molar-refractivity contribution in [1.29, 1.82) is 0 Å². The lowest BCUT2D eigenvalue weighted by Gasteiger charge is -2.36. The number of nitrogens with zero attached hydrogens (tertiary/aromatic N) is 3. The highest BCUT2D eigenvalue weighted by atomic mass is 31.2. The first-order chi connectivity index (χ1) is 18.1. The Bertz CT molecular complexity index is 1070. The van der Waals surface area contributed by atoms with E-state index in [1.165, 1.54) is 12.1 Å². The van der Waals surface area contributed by atoms with Crippen molar-refractivity contribution < 1.29 is 53.0 Å². The lowest BCUT2D eigenvalue weighted by molar-refractivity contribution is -0.143. The van der Waals surface area contributed by atoms with Crippen LogP contribution >= 0.6 is 7.82 Å². The molecule has 2 heterocycles. The van der Waals surface area contributed by atoms with Crippen molar-refractivity contribution >= 4 is 31.1 Å². The minimum absolute atomic E-state index is 0.0334. The van der Waals surface area contributed by atoms with Gasteiger partial charge in [-0.3, -0.25) is 24.2 Å². The van der Waals surface area contributed by atoms with Gasteiger partial charge in [-0.05, 0) is 38.8 Å². The molecule has 5 N–H and O–H groups in total. The number of aliphatic hydroxyl groups is 2. The Labute approximate surface area is 225 Å². The van der Waals surface area contributed by atoms with Crippen LogP contribution in [-0.2, 0) is 18.9 Å². The predicted octanol–water partition coefficient (Wildman–Crippen LogP) is -0.508. The van der Waals surface area contributed by atoms with Gasteiger partial charge in [-0.2, -0.15) is 0 Å². The quantitative estimate of drug-likeness (QED) is 0.207. The van der Waals surface area contributed by atoms with Crippen molar-refractivity contribution in [3.8, 4) is 5.75 Å². The number of rotatable bonds is 7. The SMILES string of the molecule is CC(C)Oc1ccc(F)cc1N1CCN(CC(=O)CN2C(=O)C3CC(O)C(O)CC3C2=O)CC1.O=P(O)(O)O. The number of halogens is 1. The maximum absolute atomic E-state index is 13.9. The summed E-state index contributed by atoms with van der Waals surface area (Å²) in [6, 6.07) is 4.45. The van der Waals surface area contributed by atoms with Crippen molar-refractivity contribution in [3.63, 3.8) is 0 Å². The molecule has 218 valence electrons. The fourth-order valence-electron chi connectivity index (χ4n) is 5.09. The summed E-state index contributed by atoms with van der Waals surface area (Å²) in [5.74, 6) is -2.20. The molecule has 4 atom stereocenters. The summed E-state index contributed by atoms with van der Waals surface area (Å²) in [6.45, 7) is 5.90. The highest BCUT2D eigenvalue weighted by molar-refractivity contribution is 7.45. The Morgan fingerprint density at radius 3 is 2.00 bits per heavy atom. The van der Waals surface area contributed by atoms with Crippen LogP contribution in [0.1, 0.15) is 26.7 Å². The van der Waals surface area contributed by atoms with Crippen LogP contribution in [0.3, 0.4) is 0 Å². The lowest BCUT2D eigenvalue weighted by atomic mass is 9.78. The zero-order valence-corrected chi connectivity index (χ0v) is 22.6. The zero-order chi connectivity index (χ0) is 29.1. The number of hydrogen-bond donors (Lipinski definition) is 5. The molecule has 2 saturated heterocycles. The van der Waals surface area contributed by atoms with E-state index >= 15 is 0 Å². The molecule has 0 spiro atoms. The molecule has 0 bridgehead atoms. The van der Waals surface area contributed by atoms with Crippen molar-refractivity contribution in [1.82, 2.24) is 9.80 Å². The van der Waals surface area contributed by atoms with E-state index < -0.39 is 43.7 Å². The van der Waals surface area contributed by atoms with Gasteiger partial charge >= 0.3 is 7.82 Å². The Kier molecular flexibility index (Phi) is 10.2. The molecule has 3 aliphatic rings. The third kappa shape index (κ3) is 8.52. The van der Waals surface area contributed by atoms with Crippen molar-refractivity contribution in [2.75, 3.05) is 44.2 Å². The number of ketones is 1. The Morgan fingerprint density at radius 1 is 1.00 bits per heavy atom. The number of aliphatic hydroxyl groups excluding tert-OH is 2. The number of hydrogen-bond acceptors (Lipinski definition) is 9. The molecule has 13 nitrogen and oxygen atoms in total. The summed E-state index contributed by atoms with van der Waals surface area (Å²) in [5.41, 5.74) is 0.680. The molecule has 3 fully saturated rings. The van der Waals surface area contributed by atoms with Crippen molar-refractivity contribution in [3.05, 3.63) is 24.0 Å².